The molecule has 3 aromatic rings. The van der Waals surface area contributed by atoms with Crippen LogP contribution < -0.4 is 20.1 Å². The molecule has 0 saturated carbocycles. The number of hydrogen-bond donors (Lipinski definition) is 2. The predicted molar refractivity (Wildman–Crippen MR) is 103 cm³/mol. The molecular formula is C19H19N3O3S. The van der Waals surface area contributed by atoms with Crippen LogP contribution in [0.15, 0.2) is 53.4 Å². The van der Waals surface area contributed by atoms with Crippen LogP contribution in [0.4, 0.5) is 10.5 Å². The Morgan fingerprint density at radius 1 is 1.15 bits per heavy atom. The average Bonchev–Trinajstić information content (AvgIpc) is 3.20. The molecule has 2 heterocycles. The number of anilines is 1. The maximum Gasteiger partial charge on any atom is 0.319 e. The summed E-state index contributed by atoms with van der Waals surface area (Å²) in [6.07, 6.45) is 1.75. The quantitative estimate of drug-likeness (QED) is 0.685. The highest BCUT2D eigenvalue weighted by Gasteiger charge is 2.09. The number of carbonyl (C=O) groups is 1. The van der Waals surface area contributed by atoms with Crippen LogP contribution >= 0.6 is 11.3 Å². The number of benzene rings is 1. The van der Waals surface area contributed by atoms with E-state index in [4.69, 9.17) is 9.47 Å². The van der Waals surface area contributed by atoms with Gasteiger partial charge in [-0.05, 0) is 23.1 Å². The molecule has 2 aromatic heterocycles. The largest absolute Gasteiger partial charge is 0.497 e. The lowest BCUT2D eigenvalue weighted by Crippen LogP contribution is -2.28. The monoisotopic (exact) mass is 369 g/mol. The fourth-order valence-electron chi connectivity index (χ4n) is 2.47. The normalized spacial score (nSPS) is 10.2. The van der Waals surface area contributed by atoms with E-state index in [0.29, 0.717) is 23.7 Å². The molecule has 0 radical (unpaired) electrons. The third-order valence-corrected chi connectivity index (χ3v) is 4.42. The number of hydrogen-bond acceptors (Lipinski definition) is 5. The zero-order valence-electron chi connectivity index (χ0n) is 14.5. The third kappa shape index (κ3) is 4.31. The van der Waals surface area contributed by atoms with Crippen molar-refractivity contribution in [2.75, 3.05) is 19.5 Å². The first kappa shape index (κ1) is 17.8. The number of carbonyl (C=O) groups excluding carboxylic acids is 1. The highest BCUT2D eigenvalue weighted by molar-refractivity contribution is 7.08. The Kier molecular flexibility index (Phi) is 5.70. The molecule has 3 rings (SSSR count). The van der Waals surface area contributed by atoms with Crippen molar-refractivity contribution in [2.45, 2.75) is 6.54 Å². The van der Waals surface area contributed by atoms with Gasteiger partial charge in [0.1, 0.15) is 11.5 Å². The van der Waals surface area contributed by atoms with E-state index in [-0.39, 0.29) is 6.03 Å². The first-order chi connectivity index (χ1) is 12.7. The number of ether oxygens (including phenoxy) is 2. The highest BCUT2D eigenvalue weighted by atomic mass is 32.1. The minimum Gasteiger partial charge on any atom is -0.497 e. The van der Waals surface area contributed by atoms with Gasteiger partial charge < -0.3 is 20.1 Å². The van der Waals surface area contributed by atoms with Gasteiger partial charge in [0.2, 0.25) is 0 Å². The molecule has 0 fully saturated rings. The van der Waals surface area contributed by atoms with Gasteiger partial charge >= 0.3 is 6.03 Å². The van der Waals surface area contributed by atoms with Gasteiger partial charge in [0, 0.05) is 47.6 Å². The minimum atomic E-state index is -0.319. The summed E-state index contributed by atoms with van der Waals surface area (Å²) in [5, 5.41) is 9.68. The number of pyridine rings is 1. The zero-order chi connectivity index (χ0) is 18.4. The molecule has 1 aromatic carbocycles. The summed E-state index contributed by atoms with van der Waals surface area (Å²) in [7, 11) is 3.12. The molecule has 0 unspecified atom stereocenters. The molecule has 0 saturated heterocycles. The summed E-state index contributed by atoms with van der Waals surface area (Å²) in [5.74, 6) is 1.21. The second-order valence-corrected chi connectivity index (χ2v) is 6.21. The van der Waals surface area contributed by atoms with E-state index < -0.39 is 0 Å². The standard InChI is InChI=1S/C19H19N3O3S/c1-24-16-8-15(9-17(10-16)25-2)22-19(23)21-11-13-4-3-6-20-18(13)14-5-7-26-12-14/h3-10,12H,11H2,1-2H3,(H2,21,22,23). The van der Waals surface area contributed by atoms with Crippen molar-refractivity contribution in [1.29, 1.82) is 0 Å². The van der Waals surface area contributed by atoms with E-state index in [0.717, 1.165) is 16.8 Å². The lowest BCUT2D eigenvalue weighted by Gasteiger charge is -2.12. The molecule has 6 nitrogen and oxygen atoms in total. The Hall–Kier alpha value is -3.06. The van der Waals surface area contributed by atoms with Crippen molar-refractivity contribution < 1.29 is 14.3 Å². The molecule has 0 aliphatic carbocycles. The van der Waals surface area contributed by atoms with Crippen LogP contribution in [0.5, 0.6) is 11.5 Å². The van der Waals surface area contributed by atoms with Crippen molar-refractivity contribution in [1.82, 2.24) is 10.3 Å². The van der Waals surface area contributed by atoms with Crippen molar-refractivity contribution in [3.8, 4) is 22.8 Å². The van der Waals surface area contributed by atoms with Crippen LogP contribution in [0.25, 0.3) is 11.3 Å². The van der Waals surface area contributed by atoms with Gasteiger partial charge in [-0.3, -0.25) is 4.98 Å². The molecule has 26 heavy (non-hydrogen) atoms. The number of methoxy groups -OCH3 is 2. The zero-order valence-corrected chi connectivity index (χ0v) is 15.3. The van der Waals surface area contributed by atoms with E-state index >= 15 is 0 Å². The second-order valence-electron chi connectivity index (χ2n) is 5.43. The van der Waals surface area contributed by atoms with Crippen LogP contribution in [0.1, 0.15) is 5.56 Å². The van der Waals surface area contributed by atoms with E-state index in [1.54, 1.807) is 50.0 Å². The molecule has 0 atom stereocenters. The summed E-state index contributed by atoms with van der Waals surface area (Å²) in [5.41, 5.74) is 3.45. The molecule has 0 bridgehead atoms. The van der Waals surface area contributed by atoms with E-state index in [1.165, 1.54) is 0 Å². The van der Waals surface area contributed by atoms with Gasteiger partial charge in [0.15, 0.2) is 0 Å². The van der Waals surface area contributed by atoms with Crippen molar-refractivity contribution in [3.05, 3.63) is 58.9 Å². The fraction of sp³-hybridized carbons (Fsp3) is 0.158. The summed E-state index contributed by atoms with van der Waals surface area (Å²) in [6.45, 7) is 0.367. The van der Waals surface area contributed by atoms with Crippen molar-refractivity contribution in [3.63, 3.8) is 0 Å². The van der Waals surface area contributed by atoms with E-state index in [9.17, 15) is 4.79 Å². The highest BCUT2D eigenvalue weighted by Crippen LogP contribution is 2.26. The number of nitrogens with zero attached hydrogens (tertiary/aromatic N) is 1. The lowest BCUT2D eigenvalue weighted by atomic mass is 10.1. The van der Waals surface area contributed by atoms with Gasteiger partial charge in [0.05, 0.1) is 19.9 Å². The Balaban J connectivity index is 1.67. The molecule has 2 N–H and O–H groups in total. The fourth-order valence-corrected chi connectivity index (χ4v) is 3.11. The summed E-state index contributed by atoms with van der Waals surface area (Å²) in [6, 6.07) is 10.7. The van der Waals surface area contributed by atoms with Gasteiger partial charge in [-0.1, -0.05) is 6.07 Å². The third-order valence-electron chi connectivity index (χ3n) is 3.73. The van der Waals surface area contributed by atoms with Gasteiger partial charge in [-0.15, -0.1) is 0 Å². The molecule has 134 valence electrons. The number of amides is 2. The van der Waals surface area contributed by atoms with Crippen LogP contribution in [-0.4, -0.2) is 25.2 Å². The SMILES string of the molecule is COc1cc(NC(=O)NCc2cccnc2-c2ccsc2)cc(OC)c1. The van der Waals surface area contributed by atoms with Gasteiger partial charge in [-0.2, -0.15) is 11.3 Å². The topological polar surface area (TPSA) is 72.5 Å². The number of aromatic nitrogens is 1. The molecule has 0 spiro atoms. The van der Waals surface area contributed by atoms with Gasteiger partial charge in [-0.25, -0.2) is 4.79 Å². The lowest BCUT2D eigenvalue weighted by molar-refractivity contribution is 0.251. The Morgan fingerprint density at radius 2 is 1.92 bits per heavy atom. The molecule has 2 amide bonds. The second kappa shape index (κ2) is 8.35. The van der Waals surface area contributed by atoms with Gasteiger partial charge in [0.25, 0.3) is 0 Å². The summed E-state index contributed by atoms with van der Waals surface area (Å²) >= 11 is 1.61. The van der Waals surface area contributed by atoms with E-state index in [2.05, 4.69) is 15.6 Å². The Labute approximate surface area is 155 Å². The summed E-state index contributed by atoms with van der Waals surface area (Å²) in [4.78, 5) is 16.7. The predicted octanol–water partition coefficient (Wildman–Crippen LogP) is 4.15. The Morgan fingerprint density at radius 3 is 2.58 bits per heavy atom. The van der Waals surface area contributed by atoms with E-state index in [1.807, 2.05) is 29.0 Å². The molecule has 7 heteroatoms. The van der Waals surface area contributed by atoms with Crippen molar-refractivity contribution in [2.24, 2.45) is 0 Å². The number of urea groups is 1. The molecule has 0 aliphatic rings. The van der Waals surface area contributed by atoms with Crippen molar-refractivity contribution >= 4 is 23.1 Å². The Bertz CT molecular complexity index is 859. The maximum absolute atomic E-state index is 12.3. The van der Waals surface area contributed by atoms with Crippen LogP contribution in [0.2, 0.25) is 0 Å². The number of nitrogens with one attached hydrogen (secondary N) is 2. The first-order valence-electron chi connectivity index (χ1n) is 7.94. The maximum atomic E-state index is 12.3. The van der Waals surface area contributed by atoms with Crippen LogP contribution in [0, 0.1) is 0 Å². The molecule has 0 aliphatic heterocycles. The number of thiophene rings is 1. The minimum absolute atomic E-state index is 0.319. The summed E-state index contributed by atoms with van der Waals surface area (Å²) < 4.78 is 10.4. The van der Waals surface area contributed by atoms with Crippen LogP contribution in [0.3, 0.4) is 0 Å². The first-order valence-corrected chi connectivity index (χ1v) is 8.88. The van der Waals surface area contributed by atoms with Crippen LogP contribution in [-0.2, 0) is 6.54 Å². The average molecular weight is 369 g/mol. The molecular weight excluding hydrogens is 350 g/mol. The smallest absolute Gasteiger partial charge is 0.319 e. The number of rotatable bonds is 6.